The third-order valence-electron chi connectivity index (χ3n) is 4.45. The van der Waals surface area contributed by atoms with E-state index in [1.54, 1.807) is 12.0 Å². The fourth-order valence-corrected chi connectivity index (χ4v) is 3.09. The molecule has 1 aliphatic rings. The zero-order valence-corrected chi connectivity index (χ0v) is 14.8. The molecule has 0 unspecified atom stereocenters. The number of urea groups is 1. The Bertz CT molecular complexity index is 799. The van der Waals surface area contributed by atoms with E-state index >= 15 is 0 Å². The van der Waals surface area contributed by atoms with E-state index in [0.717, 1.165) is 28.1 Å². The lowest BCUT2D eigenvalue weighted by molar-refractivity contribution is -0.129. The zero-order valence-electron chi connectivity index (χ0n) is 14.8. The van der Waals surface area contributed by atoms with Crippen LogP contribution in [0.1, 0.15) is 23.1 Å². The molecule has 25 heavy (non-hydrogen) atoms. The molecule has 130 valence electrons. The molecule has 2 aromatic rings. The van der Waals surface area contributed by atoms with E-state index in [0.29, 0.717) is 13.0 Å². The molecule has 0 saturated carbocycles. The number of methoxy groups -OCH3 is 1. The van der Waals surface area contributed by atoms with Gasteiger partial charge in [0.1, 0.15) is 5.75 Å². The number of aryl methyl sites for hydroxylation is 2. The van der Waals surface area contributed by atoms with Crippen LogP contribution in [0.15, 0.2) is 42.5 Å². The fourth-order valence-electron chi connectivity index (χ4n) is 3.09. The Kier molecular flexibility index (Phi) is 4.74. The summed E-state index contributed by atoms with van der Waals surface area (Å²) >= 11 is 0. The molecule has 0 bridgehead atoms. The van der Waals surface area contributed by atoms with Crippen molar-refractivity contribution >= 4 is 17.6 Å². The summed E-state index contributed by atoms with van der Waals surface area (Å²) in [5, 5.41) is 0. The predicted molar refractivity (Wildman–Crippen MR) is 96.8 cm³/mol. The fraction of sp³-hybridized carbons (Fsp3) is 0.300. The van der Waals surface area contributed by atoms with Crippen molar-refractivity contribution in [3.8, 4) is 5.75 Å². The third kappa shape index (κ3) is 3.50. The van der Waals surface area contributed by atoms with E-state index in [9.17, 15) is 9.59 Å². The van der Waals surface area contributed by atoms with Gasteiger partial charge in [0.2, 0.25) is 5.91 Å². The van der Waals surface area contributed by atoms with E-state index in [1.807, 2.05) is 56.3 Å². The Morgan fingerprint density at radius 1 is 1.04 bits per heavy atom. The summed E-state index contributed by atoms with van der Waals surface area (Å²) in [6.45, 7) is 4.69. The summed E-state index contributed by atoms with van der Waals surface area (Å²) < 4.78 is 5.14. The molecule has 0 N–H and O–H groups in total. The second-order valence-corrected chi connectivity index (χ2v) is 6.30. The lowest BCUT2D eigenvalue weighted by atomic mass is 10.1. The number of hydrogen-bond acceptors (Lipinski definition) is 3. The lowest BCUT2D eigenvalue weighted by Crippen LogP contribution is -2.52. The number of anilines is 1. The molecular weight excluding hydrogens is 316 g/mol. The minimum absolute atomic E-state index is 0.137. The predicted octanol–water partition coefficient (Wildman–Crippen LogP) is 3.67. The van der Waals surface area contributed by atoms with Gasteiger partial charge in [-0.1, -0.05) is 29.8 Å². The molecule has 1 fully saturated rings. The number of amides is 3. The van der Waals surface area contributed by atoms with Crippen molar-refractivity contribution in [2.45, 2.75) is 26.8 Å². The second kappa shape index (κ2) is 6.97. The van der Waals surface area contributed by atoms with Crippen LogP contribution >= 0.6 is 0 Å². The molecule has 5 nitrogen and oxygen atoms in total. The first-order valence-electron chi connectivity index (χ1n) is 8.31. The van der Waals surface area contributed by atoms with Crippen molar-refractivity contribution < 1.29 is 14.3 Å². The number of carbonyl (C=O) groups is 2. The topological polar surface area (TPSA) is 49.9 Å². The molecule has 3 rings (SSSR count). The Hall–Kier alpha value is -2.82. The molecule has 1 saturated heterocycles. The molecule has 0 spiro atoms. The van der Waals surface area contributed by atoms with Crippen molar-refractivity contribution in [2.75, 3.05) is 18.6 Å². The number of nitrogens with zero attached hydrogens (tertiary/aromatic N) is 2. The molecule has 3 amide bonds. The highest BCUT2D eigenvalue weighted by molar-refractivity contribution is 6.05. The average molecular weight is 338 g/mol. The zero-order chi connectivity index (χ0) is 18.0. The minimum Gasteiger partial charge on any atom is -0.497 e. The number of rotatable bonds is 4. The maximum absolute atomic E-state index is 12.9. The maximum Gasteiger partial charge on any atom is 0.331 e. The Balaban J connectivity index is 1.83. The van der Waals surface area contributed by atoms with Crippen LogP contribution in [-0.2, 0) is 11.3 Å². The van der Waals surface area contributed by atoms with Crippen LogP contribution in [-0.4, -0.2) is 30.5 Å². The molecule has 1 aliphatic heterocycles. The quantitative estimate of drug-likeness (QED) is 0.854. The maximum atomic E-state index is 12.9. The monoisotopic (exact) mass is 338 g/mol. The molecular formula is C20H22N2O3. The van der Waals surface area contributed by atoms with E-state index in [4.69, 9.17) is 4.74 Å². The van der Waals surface area contributed by atoms with Gasteiger partial charge in [-0.2, -0.15) is 0 Å². The summed E-state index contributed by atoms with van der Waals surface area (Å²) in [6, 6.07) is 13.1. The van der Waals surface area contributed by atoms with Crippen LogP contribution < -0.4 is 9.64 Å². The van der Waals surface area contributed by atoms with E-state index in [2.05, 4.69) is 0 Å². The molecule has 0 aromatic heterocycles. The van der Waals surface area contributed by atoms with Crippen molar-refractivity contribution in [1.82, 2.24) is 4.90 Å². The Morgan fingerprint density at radius 2 is 1.76 bits per heavy atom. The van der Waals surface area contributed by atoms with Crippen molar-refractivity contribution in [3.63, 3.8) is 0 Å². The molecule has 2 aromatic carbocycles. The van der Waals surface area contributed by atoms with Crippen LogP contribution in [0.2, 0.25) is 0 Å². The normalized spacial score (nSPS) is 14.8. The third-order valence-corrected chi connectivity index (χ3v) is 4.45. The summed E-state index contributed by atoms with van der Waals surface area (Å²) in [4.78, 5) is 28.2. The van der Waals surface area contributed by atoms with Crippen molar-refractivity contribution in [1.29, 1.82) is 0 Å². The SMILES string of the molecule is COc1ccc(CN2C(=O)CCN(c3ccc(C)cc3C)C2=O)cc1. The van der Waals surface area contributed by atoms with Gasteiger partial charge in [-0.25, -0.2) is 4.79 Å². The molecule has 1 heterocycles. The summed E-state index contributed by atoms with van der Waals surface area (Å²) in [7, 11) is 1.61. The first-order valence-corrected chi connectivity index (χ1v) is 8.31. The van der Waals surface area contributed by atoms with Crippen molar-refractivity contribution in [3.05, 3.63) is 59.2 Å². The summed E-state index contributed by atoms with van der Waals surface area (Å²) in [5.41, 5.74) is 3.94. The summed E-state index contributed by atoms with van der Waals surface area (Å²) in [6.07, 6.45) is 0.329. The molecule has 5 heteroatoms. The molecule has 0 atom stereocenters. The van der Waals surface area contributed by atoms with Crippen LogP contribution in [0.5, 0.6) is 5.75 Å². The van der Waals surface area contributed by atoms with Gasteiger partial charge < -0.3 is 4.74 Å². The van der Waals surface area contributed by atoms with E-state index in [1.165, 1.54) is 4.90 Å². The van der Waals surface area contributed by atoms with E-state index < -0.39 is 0 Å². The number of ether oxygens (including phenoxy) is 1. The van der Waals surface area contributed by atoms with Gasteiger partial charge in [0.25, 0.3) is 0 Å². The van der Waals surface area contributed by atoms with Crippen LogP contribution in [0.3, 0.4) is 0 Å². The van der Waals surface area contributed by atoms with Gasteiger partial charge in [0, 0.05) is 18.7 Å². The number of benzene rings is 2. The van der Waals surface area contributed by atoms with Gasteiger partial charge in [-0.3, -0.25) is 14.6 Å². The highest BCUT2D eigenvalue weighted by Gasteiger charge is 2.33. The number of imide groups is 1. The standard InChI is InChI=1S/C20H22N2O3/c1-14-4-9-18(15(2)12-14)21-11-10-19(23)22(20(21)24)13-16-5-7-17(25-3)8-6-16/h4-9,12H,10-11,13H2,1-3H3. The lowest BCUT2D eigenvalue weighted by Gasteiger charge is -2.35. The van der Waals surface area contributed by atoms with Gasteiger partial charge in [0.15, 0.2) is 0 Å². The molecule has 0 aliphatic carbocycles. The minimum atomic E-state index is -0.265. The first kappa shape index (κ1) is 17.0. The van der Waals surface area contributed by atoms with Crippen LogP contribution in [0.4, 0.5) is 10.5 Å². The van der Waals surface area contributed by atoms with Gasteiger partial charge in [-0.15, -0.1) is 0 Å². The van der Waals surface area contributed by atoms with Crippen LogP contribution in [0, 0.1) is 13.8 Å². The Morgan fingerprint density at radius 3 is 2.40 bits per heavy atom. The smallest absolute Gasteiger partial charge is 0.331 e. The Labute approximate surface area is 147 Å². The average Bonchev–Trinajstić information content (AvgIpc) is 2.60. The summed E-state index contributed by atoms with van der Waals surface area (Å²) in [5.74, 6) is 0.610. The first-order chi connectivity index (χ1) is 12.0. The van der Waals surface area contributed by atoms with Crippen molar-refractivity contribution in [2.24, 2.45) is 0 Å². The van der Waals surface area contributed by atoms with Crippen LogP contribution in [0.25, 0.3) is 0 Å². The van der Waals surface area contributed by atoms with E-state index in [-0.39, 0.29) is 18.5 Å². The highest BCUT2D eigenvalue weighted by Crippen LogP contribution is 2.26. The molecule has 0 radical (unpaired) electrons. The number of hydrogen-bond donors (Lipinski definition) is 0. The second-order valence-electron chi connectivity index (χ2n) is 6.30. The van der Waals surface area contributed by atoms with Gasteiger partial charge in [-0.05, 0) is 43.2 Å². The van der Waals surface area contributed by atoms with Gasteiger partial charge in [0.05, 0.1) is 13.7 Å². The highest BCUT2D eigenvalue weighted by atomic mass is 16.5. The number of carbonyl (C=O) groups excluding carboxylic acids is 2. The largest absolute Gasteiger partial charge is 0.497 e. The van der Waals surface area contributed by atoms with Gasteiger partial charge >= 0.3 is 6.03 Å².